The zero-order valence-electron chi connectivity index (χ0n) is 15.2. The highest BCUT2D eigenvalue weighted by atomic mass is 79.9. The van der Waals surface area contributed by atoms with Gasteiger partial charge in [0.1, 0.15) is 22.9 Å². The third kappa shape index (κ3) is 4.06. The lowest BCUT2D eigenvalue weighted by Crippen LogP contribution is -2.70. The van der Waals surface area contributed by atoms with Crippen molar-refractivity contribution in [3.05, 3.63) is 27.6 Å². The van der Waals surface area contributed by atoms with Crippen LogP contribution < -0.4 is 5.32 Å². The van der Waals surface area contributed by atoms with E-state index in [0.717, 1.165) is 4.90 Å². The van der Waals surface area contributed by atoms with Gasteiger partial charge in [-0.15, -0.1) is 21.8 Å². The number of aryl methyl sites for hydroxylation is 1. The second-order valence-electron chi connectivity index (χ2n) is 6.01. The van der Waals surface area contributed by atoms with E-state index in [1.165, 1.54) is 28.2 Å². The molecule has 2 aliphatic rings. The number of nitrogens with zero attached hydrogens (tertiary/aromatic N) is 6. The number of nitrogens with one attached hydrogen (secondary N) is 1. The van der Waals surface area contributed by atoms with Crippen LogP contribution in [-0.2, 0) is 21.4 Å². The Kier molecular flexibility index (Phi) is 6.77. The Hall–Kier alpha value is -2.46. The second-order valence-corrected chi connectivity index (χ2v) is 8.62. The molecule has 160 valence electrons. The molecular weight excluding hydrogens is 506 g/mol. The van der Waals surface area contributed by atoms with Gasteiger partial charge in [-0.05, 0) is 21.2 Å². The van der Waals surface area contributed by atoms with Crippen molar-refractivity contribution >= 4 is 57.2 Å². The molecule has 1 unspecified atom stereocenters. The maximum Gasteiger partial charge on any atom is 0.352 e. The van der Waals surface area contributed by atoms with Gasteiger partial charge in [-0.3, -0.25) is 14.5 Å². The quantitative estimate of drug-likeness (QED) is 0.105. The predicted octanol–water partition coefficient (Wildman–Crippen LogP) is -0.0283. The number of nitroso groups, excluding NO2 is 1. The normalized spacial score (nSPS) is 21.5. The molecule has 2 aliphatic heterocycles. The topological polar surface area (TPSA) is 180 Å². The van der Waals surface area contributed by atoms with Gasteiger partial charge in [0, 0.05) is 18.6 Å². The molecule has 2 amide bonds. The first kappa shape index (κ1) is 22.2. The summed E-state index contributed by atoms with van der Waals surface area (Å²) in [5.74, 6) is -2.93. The zero-order valence-corrected chi connectivity index (χ0v) is 18.4. The maximum atomic E-state index is 12.6. The van der Waals surface area contributed by atoms with E-state index >= 15 is 0 Å². The van der Waals surface area contributed by atoms with Crippen LogP contribution in [0.3, 0.4) is 0 Å². The number of β-lactam (4-membered cyclic amide) rings is 1. The molecule has 1 fully saturated rings. The number of allylic oxidation sites excluding steroid dienone is 1. The molecule has 0 aliphatic carbocycles. The first-order chi connectivity index (χ1) is 14.3. The van der Waals surface area contributed by atoms with Crippen molar-refractivity contribution in [3.63, 3.8) is 0 Å². The van der Waals surface area contributed by atoms with Crippen molar-refractivity contribution in [2.24, 2.45) is 12.2 Å². The summed E-state index contributed by atoms with van der Waals surface area (Å²) in [5.41, 5.74) is -0.381. The summed E-state index contributed by atoms with van der Waals surface area (Å²) >= 11 is 5.40. The van der Waals surface area contributed by atoms with Crippen LogP contribution in [0, 0.1) is 4.91 Å². The van der Waals surface area contributed by atoms with E-state index in [4.69, 9.17) is 0 Å². The summed E-state index contributed by atoms with van der Waals surface area (Å²) in [4.78, 5) is 48.5. The van der Waals surface area contributed by atoms with E-state index in [9.17, 15) is 29.5 Å². The van der Waals surface area contributed by atoms with Crippen LogP contribution in [0.4, 0.5) is 0 Å². The highest BCUT2D eigenvalue weighted by Gasteiger charge is 2.54. The van der Waals surface area contributed by atoms with E-state index in [1.54, 1.807) is 7.05 Å². The van der Waals surface area contributed by atoms with Crippen molar-refractivity contribution in [1.29, 1.82) is 0 Å². The molecule has 0 saturated carbocycles. The molecule has 2 atom stereocenters. The predicted molar refractivity (Wildman–Crippen MR) is 108 cm³/mol. The number of hydrogen-bond acceptors (Lipinski definition) is 11. The lowest BCUT2D eigenvalue weighted by molar-refractivity contribution is -0.150. The van der Waals surface area contributed by atoms with Crippen LogP contribution in [0.1, 0.15) is 0 Å². The molecule has 0 aromatic carbocycles. The number of fused-ring (bicyclic) bond motifs is 1. The van der Waals surface area contributed by atoms with Gasteiger partial charge in [0.05, 0.1) is 5.33 Å². The summed E-state index contributed by atoms with van der Waals surface area (Å²) in [6.07, 6.45) is 0. The number of halogens is 1. The summed E-state index contributed by atoms with van der Waals surface area (Å²) in [7, 11) is 1.65. The monoisotopic (exact) mass is 519 g/mol. The van der Waals surface area contributed by atoms with Crippen LogP contribution in [0.5, 0.6) is 0 Å². The molecule has 13 nitrogen and oxygen atoms in total. The lowest BCUT2D eigenvalue weighted by Gasteiger charge is -2.49. The van der Waals surface area contributed by atoms with Gasteiger partial charge in [-0.1, -0.05) is 27.7 Å². The van der Waals surface area contributed by atoms with E-state index in [1.807, 2.05) is 0 Å². The summed E-state index contributed by atoms with van der Waals surface area (Å²) in [5, 5.41) is 34.8. The molecule has 30 heavy (non-hydrogen) atoms. The minimum Gasteiger partial charge on any atom is -0.509 e. The van der Waals surface area contributed by atoms with Crippen molar-refractivity contribution < 1.29 is 24.6 Å². The Labute approximate surface area is 185 Å². The second kappa shape index (κ2) is 9.13. The lowest BCUT2D eigenvalue weighted by atomic mass is 10.0. The van der Waals surface area contributed by atoms with Crippen LogP contribution in [0.25, 0.3) is 0 Å². The van der Waals surface area contributed by atoms with Gasteiger partial charge < -0.3 is 15.5 Å². The number of carboxylic acid groups (broad SMARTS) is 1. The fourth-order valence-electron chi connectivity index (χ4n) is 2.79. The Balaban J connectivity index is 1.76. The third-order valence-electron chi connectivity index (χ3n) is 4.20. The number of tetrazole rings is 1. The molecule has 3 N–H and O–H groups in total. The van der Waals surface area contributed by atoms with Gasteiger partial charge in [0.25, 0.3) is 11.8 Å². The van der Waals surface area contributed by atoms with Crippen molar-refractivity contribution in [3.8, 4) is 0 Å². The fourth-order valence-corrected chi connectivity index (χ4v) is 5.39. The van der Waals surface area contributed by atoms with Gasteiger partial charge in [0.15, 0.2) is 0 Å². The molecule has 0 spiro atoms. The molecule has 1 aromatic rings. The average Bonchev–Trinajstić information content (AvgIpc) is 3.14. The van der Waals surface area contributed by atoms with Crippen molar-refractivity contribution in [2.75, 3.05) is 16.8 Å². The van der Waals surface area contributed by atoms with Crippen LogP contribution in [0.2, 0.25) is 0 Å². The molecular formula is C14H14BrN7O6S2. The van der Waals surface area contributed by atoms with Gasteiger partial charge in [-0.2, -0.15) is 0 Å². The number of alkyl halides is 1. The number of aliphatic hydroxyl groups excluding tert-OH is 1. The smallest absolute Gasteiger partial charge is 0.352 e. The number of aromatic nitrogens is 4. The first-order valence-electron chi connectivity index (χ1n) is 8.17. The number of thioether (sulfide) groups is 2. The van der Waals surface area contributed by atoms with Crippen molar-refractivity contribution in [1.82, 2.24) is 30.4 Å². The minimum atomic E-state index is -1.27. The number of rotatable bonds is 8. The van der Waals surface area contributed by atoms with E-state index < -0.39 is 40.7 Å². The molecule has 3 heterocycles. The van der Waals surface area contributed by atoms with Gasteiger partial charge in [-0.25, -0.2) is 9.48 Å². The summed E-state index contributed by atoms with van der Waals surface area (Å²) < 4.78 is 1.44. The number of carbonyl (C=O) groups excluding carboxylic acids is 2. The van der Waals surface area contributed by atoms with Crippen LogP contribution in [0.15, 0.2) is 33.1 Å². The number of carboxylic acids is 1. The number of hydrogen-bond donors (Lipinski definition) is 3. The molecule has 16 heteroatoms. The van der Waals surface area contributed by atoms with E-state index in [-0.39, 0.29) is 16.8 Å². The van der Waals surface area contributed by atoms with E-state index in [2.05, 4.69) is 41.9 Å². The number of aliphatic carboxylic acids is 1. The zero-order chi connectivity index (χ0) is 22.0. The van der Waals surface area contributed by atoms with Gasteiger partial charge in [0.2, 0.25) is 10.9 Å². The molecule has 3 rings (SSSR count). The Bertz CT molecular complexity index is 980. The van der Waals surface area contributed by atoms with E-state index in [0.29, 0.717) is 16.5 Å². The number of aliphatic hydroxyl groups is 1. The number of carbonyl (C=O) groups is 3. The Morgan fingerprint density at radius 3 is 2.73 bits per heavy atom. The Morgan fingerprint density at radius 1 is 1.43 bits per heavy atom. The summed E-state index contributed by atoms with van der Waals surface area (Å²) in [6.45, 7) is 0. The number of amides is 2. The third-order valence-corrected chi connectivity index (χ3v) is 7.17. The highest BCUT2D eigenvalue weighted by molar-refractivity contribution is 9.09. The first-order valence-corrected chi connectivity index (χ1v) is 11.3. The van der Waals surface area contributed by atoms with Crippen LogP contribution >= 0.6 is 39.5 Å². The maximum absolute atomic E-state index is 12.6. The largest absolute Gasteiger partial charge is 0.509 e. The van der Waals surface area contributed by atoms with Crippen molar-refractivity contribution in [2.45, 2.75) is 16.6 Å². The minimum absolute atomic E-state index is 0.149. The highest BCUT2D eigenvalue weighted by Crippen LogP contribution is 2.41. The average molecular weight is 520 g/mol. The molecule has 0 bridgehead atoms. The summed E-state index contributed by atoms with van der Waals surface area (Å²) in [6, 6.07) is -1.05. The Morgan fingerprint density at radius 2 is 2.17 bits per heavy atom. The molecule has 1 aromatic heterocycles. The molecule has 1 saturated heterocycles. The van der Waals surface area contributed by atoms with Crippen LogP contribution in [-0.4, -0.2) is 81.4 Å². The standard InChI is InChI=1S/C14H14BrN7O6S2/c1-21-14(17-19-20-21)30-4-5-3-29-12-8(11(25)22(12)9(5)13(26)27)16-10(24)7(18-28)6(23)2-15/h8,12,23H,2-4H2,1H3,(H,16,24)(H,26,27)/t8?,12-/m1/s1. The molecule has 0 radical (unpaired) electrons. The fraction of sp³-hybridized carbons (Fsp3) is 0.429. The SMILES string of the molecule is Cn1nnnc1SCC1=C(C(=O)O)N2C(=O)C(NC(=O)C(N=O)=C(O)CBr)[C@H]2SC1. The van der Waals surface area contributed by atoms with Gasteiger partial charge >= 0.3 is 5.97 Å².